The van der Waals surface area contributed by atoms with Crippen molar-refractivity contribution in [2.75, 3.05) is 39.3 Å². The first-order chi connectivity index (χ1) is 11.8. The third-order valence-electron chi connectivity index (χ3n) is 5.99. The van der Waals surface area contributed by atoms with Gasteiger partial charge in [0.05, 0.1) is 0 Å². The fourth-order valence-corrected chi connectivity index (χ4v) is 5.02. The summed E-state index contributed by atoms with van der Waals surface area (Å²) in [4.78, 5) is 17.1. The molecule has 0 aromatic heterocycles. The molecule has 25 heavy (non-hydrogen) atoms. The topological polar surface area (TPSA) is 44.8 Å². The monoisotopic (exact) mass is 343 g/mol. The Labute approximate surface area is 150 Å². The molecule has 3 fully saturated rings. The summed E-state index contributed by atoms with van der Waals surface area (Å²) in [5.41, 5.74) is 1.26. The van der Waals surface area contributed by atoms with Crippen LogP contribution >= 0.6 is 0 Å². The Morgan fingerprint density at radius 3 is 2.24 bits per heavy atom. The van der Waals surface area contributed by atoms with Crippen LogP contribution in [0.15, 0.2) is 30.3 Å². The molecule has 0 bridgehead atoms. The van der Waals surface area contributed by atoms with E-state index < -0.39 is 5.60 Å². The number of amides is 1. The van der Waals surface area contributed by atoms with Gasteiger partial charge in [0, 0.05) is 56.6 Å². The zero-order valence-electron chi connectivity index (χ0n) is 15.5. The molecule has 0 saturated carbocycles. The molecule has 3 saturated heterocycles. The molecule has 4 rings (SSSR count). The van der Waals surface area contributed by atoms with Crippen molar-refractivity contribution in [2.24, 2.45) is 10.8 Å². The van der Waals surface area contributed by atoms with E-state index in [1.54, 1.807) is 0 Å². The van der Waals surface area contributed by atoms with Crippen molar-refractivity contribution in [2.45, 2.75) is 32.9 Å². The van der Waals surface area contributed by atoms with Crippen LogP contribution in [-0.2, 0) is 11.3 Å². The summed E-state index contributed by atoms with van der Waals surface area (Å²) in [5.74, 6) is 0. The normalized spacial score (nSPS) is 31.9. The molecule has 0 unspecified atom stereocenters. The van der Waals surface area contributed by atoms with E-state index >= 15 is 0 Å². The van der Waals surface area contributed by atoms with Crippen LogP contribution in [0.3, 0.4) is 0 Å². The lowest BCUT2D eigenvalue weighted by molar-refractivity contribution is 0.0247. The van der Waals surface area contributed by atoms with Crippen molar-refractivity contribution in [3.8, 4) is 0 Å². The van der Waals surface area contributed by atoms with Gasteiger partial charge in [-0.3, -0.25) is 4.90 Å². The Morgan fingerprint density at radius 2 is 1.68 bits per heavy atom. The average molecular weight is 343 g/mol. The number of carbonyl (C=O) groups excluding carboxylic acids is 1. The van der Waals surface area contributed by atoms with E-state index in [1.165, 1.54) is 5.56 Å². The van der Waals surface area contributed by atoms with Crippen molar-refractivity contribution in [3.63, 3.8) is 0 Å². The lowest BCUT2D eigenvalue weighted by Crippen LogP contribution is -2.42. The highest BCUT2D eigenvalue weighted by atomic mass is 16.6. The van der Waals surface area contributed by atoms with Gasteiger partial charge in [-0.15, -0.1) is 0 Å². The quantitative estimate of drug-likeness (QED) is 0.895. The lowest BCUT2D eigenvalue weighted by atomic mass is 9.71. The summed E-state index contributed by atoms with van der Waals surface area (Å²) in [7, 11) is 0. The Kier molecular flexibility index (Phi) is 3.85. The average Bonchev–Trinajstić information content (AvgIpc) is 3.05. The molecule has 1 N–H and O–H groups in total. The van der Waals surface area contributed by atoms with Crippen LogP contribution in [0.4, 0.5) is 4.79 Å². The third kappa shape index (κ3) is 2.93. The standard InChI is InChI=1S/C20H29N3O2/c1-18(2,3)25-17(24)23-14-19-10-21-11-20(19,15-23)13-22(12-19)9-16-7-5-4-6-8-16/h4-8,21H,9-15H2,1-3H3/t19-,20-/m0/s1. The molecule has 0 spiro atoms. The zero-order chi connectivity index (χ0) is 17.7. The number of rotatable bonds is 2. The van der Waals surface area contributed by atoms with E-state index in [0.717, 1.165) is 45.8 Å². The maximum Gasteiger partial charge on any atom is 0.410 e. The van der Waals surface area contributed by atoms with Crippen LogP contribution in [-0.4, -0.2) is 60.8 Å². The fourth-order valence-electron chi connectivity index (χ4n) is 5.02. The number of ether oxygens (including phenoxy) is 1. The summed E-state index contributed by atoms with van der Waals surface area (Å²) >= 11 is 0. The second-order valence-electron chi connectivity index (χ2n) is 9.13. The van der Waals surface area contributed by atoms with E-state index in [4.69, 9.17) is 4.74 Å². The predicted octanol–water partition coefficient (Wildman–Crippen LogP) is 2.33. The van der Waals surface area contributed by atoms with Crippen LogP contribution in [0.5, 0.6) is 0 Å². The zero-order valence-corrected chi connectivity index (χ0v) is 15.5. The van der Waals surface area contributed by atoms with Crippen LogP contribution in [0.25, 0.3) is 0 Å². The highest BCUT2D eigenvalue weighted by Gasteiger charge is 2.66. The first kappa shape index (κ1) is 16.9. The smallest absolute Gasteiger partial charge is 0.410 e. The number of hydrogen-bond acceptors (Lipinski definition) is 4. The maximum atomic E-state index is 12.6. The largest absolute Gasteiger partial charge is 0.444 e. The van der Waals surface area contributed by atoms with Gasteiger partial charge >= 0.3 is 6.09 Å². The second kappa shape index (κ2) is 5.71. The molecule has 0 aliphatic carbocycles. The van der Waals surface area contributed by atoms with Crippen molar-refractivity contribution in [3.05, 3.63) is 35.9 Å². The van der Waals surface area contributed by atoms with Gasteiger partial charge in [0.15, 0.2) is 0 Å². The van der Waals surface area contributed by atoms with E-state index in [-0.39, 0.29) is 16.9 Å². The van der Waals surface area contributed by atoms with Gasteiger partial charge in [0.1, 0.15) is 5.60 Å². The van der Waals surface area contributed by atoms with Crippen molar-refractivity contribution >= 4 is 6.09 Å². The Bertz CT molecular complexity index is 635. The van der Waals surface area contributed by atoms with Crippen LogP contribution in [0.1, 0.15) is 26.3 Å². The third-order valence-corrected chi connectivity index (χ3v) is 5.99. The van der Waals surface area contributed by atoms with Gasteiger partial charge < -0.3 is 15.0 Å². The van der Waals surface area contributed by atoms with Gasteiger partial charge in [-0.1, -0.05) is 30.3 Å². The number of hydrogen-bond donors (Lipinski definition) is 1. The van der Waals surface area contributed by atoms with Crippen LogP contribution in [0.2, 0.25) is 0 Å². The van der Waals surface area contributed by atoms with E-state index in [0.29, 0.717) is 0 Å². The minimum atomic E-state index is -0.434. The number of likely N-dealkylation sites (tertiary alicyclic amines) is 2. The number of carbonyl (C=O) groups is 1. The van der Waals surface area contributed by atoms with Crippen LogP contribution < -0.4 is 5.32 Å². The minimum absolute atomic E-state index is 0.155. The Balaban J connectivity index is 1.48. The summed E-state index contributed by atoms with van der Waals surface area (Å²) in [6.07, 6.45) is -0.155. The second-order valence-corrected chi connectivity index (χ2v) is 9.13. The molecule has 136 valence electrons. The summed E-state index contributed by atoms with van der Waals surface area (Å²) in [6.45, 7) is 12.5. The van der Waals surface area contributed by atoms with Crippen molar-refractivity contribution < 1.29 is 9.53 Å². The summed E-state index contributed by atoms with van der Waals surface area (Å²) in [6, 6.07) is 10.7. The van der Waals surface area contributed by atoms with Crippen molar-refractivity contribution in [1.82, 2.24) is 15.1 Å². The van der Waals surface area contributed by atoms with E-state index in [1.807, 2.05) is 25.7 Å². The van der Waals surface area contributed by atoms with Gasteiger partial charge in [0.2, 0.25) is 0 Å². The fraction of sp³-hybridized carbons (Fsp3) is 0.650. The molecule has 5 heteroatoms. The highest BCUT2D eigenvalue weighted by molar-refractivity contribution is 5.69. The Hall–Kier alpha value is -1.59. The molecule has 1 aromatic rings. The van der Waals surface area contributed by atoms with Crippen LogP contribution in [0, 0.1) is 10.8 Å². The number of benzene rings is 1. The lowest BCUT2D eigenvalue weighted by Gasteiger charge is -2.29. The molecule has 1 aromatic carbocycles. The molecule has 3 heterocycles. The number of nitrogens with one attached hydrogen (secondary N) is 1. The summed E-state index contributed by atoms with van der Waals surface area (Å²) < 4.78 is 5.62. The van der Waals surface area contributed by atoms with Crippen molar-refractivity contribution in [1.29, 1.82) is 0 Å². The Morgan fingerprint density at radius 1 is 1.08 bits per heavy atom. The molecule has 5 nitrogen and oxygen atoms in total. The molecule has 3 aliphatic heterocycles. The van der Waals surface area contributed by atoms with Gasteiger partial charge in [0.25, 0.3) is 0 Å². The van der Waals surface area contributed by atoms with Gasteiger partial charge in [-0.05, 0) is 26.3 Å². The highest BCUT2D eigenvalue weighted by Crippen LogP contribution is 2.54. The molecular formula is C20H29N3O2. The molecule has 2 atom stereocenters. The first-order valence-corrected chi connectivity index (χ1v) is 9.26. The summed E-state index contributed by atoms with van der Waals surface area (Å²) in [5, 5.41) is 3.59. The SMILES string of the molecule is CC(C)(C)OC(=O)N1C[C@@]23CNC[C@]2(CN(Cc2ccccc2)C3)C1. The van der Waals surface area contributed by atoms with Gasteiger partial charge in [-0.25, -0.2) is 4.79 Å². The maximum absolute atomic E-state index is 12.6. The van der Waals surface area contributed by atoms with E-state index in [9.17, 15) is 4.79 Å². The first-order valence-electron chi connectivity index (χ1n) is 9.26. The molecule has 1 amide bonds. The predicted molar refractivity (Wildman–Crippen MR) is 97.3 cm³/mol. The number of nitrogens with zero attached hydrogens (tertiary/aromatic N) is 2. The molecular weight excluding hydrogens is 314 g/mol. The van der Waals surface area contributed by atoms with Gasteiger partial charge in [-0.2, -0.15) is 0 Å². The minimum Gasteiger partial charge on any atom is -0.444 e. The molecule has 0 radical (unpaired) electrons. The molecule has 3 aliphatic rings. The van der Waals surface area contributed by atoms with E-state index in [2.05, 4.69) is 40.5 Å².